The number of hydrogen-bond acceptors (Lipinski definition) is 5. The van der Waals surface area contributed by atoms with Gasteiger partial charge in [-0.2, -0.15) is 25.3 Å². The molecule has 2 N–H and O–H groups in total. The Kier molecular flexibility index (Phi) is 9.17. The maximum atomic E-state index is 12.8. The summed E-state index contributed by atoms with van der Waals surface area (Å²) in [5.41, 5.74) is 0.173. The standard InChI is InChI=1S/C18H18Cl2F2N2O4S2/c1-29-8-7-15(24-30(26,27)16-9-11(19)5-6-14(16)20)17(25)23-12-3-2-4-13(10-12)28-18(21)22/h2-6,9-10,15,18,24H,7-8H2,1H3,(H,23,25). The highest BCUT2D eigenvalue weighted by atomic mass is 35.5. The van der Waals surface area contributed by atoms with Crippen LogP contribution in [0, 0.1) is 0 Å². The van der Waals surface area contributed by atoms with Crippen molar-refractivity contribution in [2.75, 3.05) is 17.3 Å². The van der Waals surface area contributed by atoms with E-state index in [9.17, 15) is 22.0 Å². The van der Waals surface area contributed by atoms with Gasteiger partial charge in [0, 0.05) is 16.8 Å². The van der Waals surface area contributed by atoms with Crippen molar-refractivity contribution in [3.8, 4) is 5.75 Å². The fourth-order valence-corrected chi connectivity index (χ4v) is 4.86. The van der Waals surface area contributed by atoms with Crippen LogP contribution in [0.3, 0.4) is 0 Å². The van der Waals surface area contributed by atoms with E-state index in [-0.39, 0.29) is 32.8 Å². The van der Waals surface area contributed by atoms with Gasteiger partial charge in [0.25, 0.3) is 0 Å². The van der Waals surface area contributed by atoms with Crippen molar-refractivity contribution in [1.82, 2.24) is 4.72 Å². The van der Waals surface area contributed by atoms with Crippen LogP contribution < -0.4 is 14.8 Å². The molecule has 164 valence electrons. The number of thioether (sulfide) groups is 1. The molecule has 1 unspecified atom stereocenters. The van der Waals surface area contributed by atoms with Crippen LogP contribution >= 0.6 is 35.0 Å². The normalized spacial score (nSPS) is 12.6. The smallest absolute Gasteiger partial charge is 0.387 e. The molecule has 0 radical (unpaired) electrons. The van der Waals surface area contributed by atoms with E-state index in [0.29, 0.717) is 5.75 Å². The molecule has 1 amide bonds. The molecule has 0 saturated heterocycles. The molecule has 0 saturated carbocycles. The van der Waals surface area contributed by atoms with Gasteiger partial charge in [-0.3, -0.25) is 4.79 Å². The lowest BCUT2D eigenvalue weighted by Crippen LogP contribution is -2.44. The van der Waals surface area contributed by atoms with Crippen molar-refractivity contribution >= 4 is 56.6 Å². The van der Waals surface area contributed by atoms with Gasteiger partial charge in [-0.05, 0) is 48.8 Å². The Labute approximate surface area is 187 Å². The highest BCUT2D eigenvalue weighted by molar-refractivity contribution is 7.98. The molecule has 0 bridgehead atoms. The van der Waals surface area contributed by atoms with Gasteiger partial charge in [0.1, 0.15) is 16.7 Å². The SMILES string of the molecule is CSCCC(NS(=O)(=O)c1cc(Cl)ccc1Cl)C(=O)Nc1cccc(OC(F)F)c1. The minimum Gasteiger partial charge on any atom is -0.435 e. The minimum atomic E-state index is -4.16. The Bertz CT molecular complexity index is 994. The van der Waals surface area contributed by atoms with Gasteiger partial charge in [0.05, 0.1) is 5.02 Å². The van der Waals surface area contributed by atoms with E-state index in [1.807, 2.05) is 6.26 Å². The molecule has 0 aliphatic rings. The van der Waals surface area contributed by atoms with Gasteiger partial charge in [0.2, 0.25) is 15.9 Å². The number of amides is 1. The number of nitrogens with one attached hydrogen (secondary N) is 2. The van der Waals surface area contributed by atoms with Crippen molar-refractivity contribution in [3.05, 3.63) is 52.5 Å². The van der Waals surface area contributed by atoms with E-state index in [2.05, 4.69) is 14.8 Å². The largest absolute Gasteiger partial charge is 0.435 e. The van der Waals surface area contributed by atoms with E-state index in [1.54, 1.807) is 0 Å². The zero-order chi connectivity index (χ0) is 22.3. The van der Waals surface area contributed by atoms with E-state index < -0.39 is 28.6 Å². The average Bonchev–Trinajstić information content (AvgIpc) is 2.66. The Morgan fingerprint density at radius 2 is 1.93 bits per heavy atom. The lowest BCUT2D eigenvalue weighted by Gasteiger charge is -2.19. The van der Waals surface area contributed by atoms with Gasteiger partial charge < -0.3 is 10.1 Å². The number of ether oxygens (including phenoxy) is 1. The Morgan fingerprint density at radius 1 is 1.20 bits per heavy atom. The third-order valence-corrected chi connectivity index (χ3v) is 6.57. The third-order valence-electron chi connectivity index (χ3n) is 3.73. The molecule has 0 aliphatic carbocycles. The zero-order valence-electron chi connectivity index (χ0n) is 15.6. The number of benzene rings is 2. The molecular formula is C18H18Cl2F2N2O4S2. The highest BCUT2D eigenvalue weighted by Gasteiger charge is 2.27. The second-order valence-corrected chi connectivity index (χ2v) is 9.44. The van der Waals surface area contributed by atoms with Crippen molar-refractivity contribution in [1.29, 1.82) is 0 Å². The molecular weight excluding hydrogens is 481 g/mol. The van der Waals surface area contributed by atoms with Crippen LogP contribution in [0.2, 0.25) is 10.0 Å². The van der Waals surface area contributed by atoms with Gasteiger partial charge in [0.15, 0.2) is 0 Å². The number of hydrogen-bond donors (Lipinski definition) is 2. The first-order valence-corrected chi connectivity index (χ1v) is 12.1. The molecule has 1 atom stereocenters. The molecule has 0 aromatic heterocycles. The van der Waals surface area contributed by atoms with Crippen LogP contribution in [0.5, 0.6) is 5.75 Å². The Balaban J connectivity index is 2.22. The molecule has 6 nitrogen and oxygen atoms in total. The van der Waals surface area contributed by atoms with Gasteiger partial charge in [-0.1, -0.05) is 29.3 Å². The van der Waals surface area contributed by atoms with Crippen LogP contribution in [-0.2, 0) is 14.8 Å². The summed E-state index contributed by atoms with van der Waals surface area (Å²) in [5.74, 6) is -0.326. The second-order valence-electron chi connectivity index (χ2n) is 5.93. The van der Waals surface area contributed by atoms with Crippen LogP contribution in [0.4, 0.5) is 14.5 Å². The van der Waals surface area contributed by atoms with E-state index >= 15 is 0 Å². The van der Waals surface area contributed by atoms with Crippen LogP contribution in [0.25, 0.3) is 0 Å². The quantitative estimate of drug-likeness (QED) is 0.498. The van der Waals surface area contributed by atoms with Crippen molar-refractivity contribution in [2.45, 2.75) is 24.0 Å². The number of sulfonamides is 1. The Hall–Kier alpha value is -1.59. The summed E-state index contributed by atoms with van der Waals surface area (Å²) in [6.45, 7) is -3.01. The number of alkyl halides is 2. The second kappa shape index (κ2) is 11.1. The third kappa shape index (κ3) is 7.28. The summed E-state index contributed by atoms with van der Waals surface area (Å²) in [5, 5.41) is 2.62. The lowest BCUT2D eigenvalue weighted by molar-refractivity contribution is -0.117. The fourth-order valence-electron chi connectivity index (χ4n) is 2.39. The number of halogens is 4. The molecule has 30 heavy (non-hydrogen) atoms. The van der Waals surface area contributed by atoms with Crippen molar-refractivity contribution < 1.29 is 26.7 Å². The number of anilines is 1. The van der Waals surface area contributed by atoms with Crippen molar-refractivity contribution in [2.24, 2.45) is 0 Å². The number of carbonyl (C=O) groups is 1. The van der Waals surface area contributed by atoms with Gasteiger partial charge in [-0.25, -0.2) is 8.42 Å². The topological polar surface area (TPSA) is 84.5 Å². The highest BCUT2D eigenvalue weighted by Crippen LogP contribution is 2.25. The summed E-state index contributed by atoms with van der Waals surface area (Å²) in [6.07, 6.45) is 1.99. The molecule has 2 aromatic carbocycles. The number of rotatable bonds is 10. The molecule has 0 fully saturated rings. The molecule has 0 aliphatic heterocycles. The summed E-state index contributed by atoms with van der Waals surface area (Å²) >= 11 is 13.3. The molecule has 2 rings (SSSR count). The molecule has 0 heterocycles. The summed E-state index contributed by atoms with van der Waals surface area (Å²) in [6, 6.07) is 8.21. The minimum absolute atomic E-state index is 0.0484. The summed E-state index contributed by atoms with van der Waals surface area (Å²) < 4.78 is 56.9. The van der Waals surface area contributed by atoms with E-state index in [1.165, 1.54) is 54.2 Å². The molecule has 0 spiro atoms. The van der Waals surface area contributed by atoms with Crippen LogP contribution in [0.15, 0.2) is 47.4 Å². The predicted octanol–water partition coefficient (Wildman–Crippen LogP) is 4.63. The lowest BCUT2D eigenvalue weighted by atomic mass is 10.2. The maximum absolute atomic E-state index is 12.8. The summed E-state index contributed by atoms with van der Waals surface area (Å²) in [7, 11) is -4.16. The van der Waals surface area contributed by atoms with Crippen LogP contribution in [-0.4, -0.2) is 39.0 Å². The monoisotopic (exact) mass is 498 g/mol. The van der Waals surface area contributed by atoms with E-state index in [0.717, 1.165) is 0 Å². The maximum Gasteiger partial charge on any atom is 0.387 e. The molecule has 2 aromatic rings. The summed E-state index contributed by atoms with van der Waals surface area (Å²) in [4.78, 5) is 12.5. The zero-order valence-corrected chi connectivity index (χ0v) is 18.7. The van der Waals surface area contributed by atoms with Gasteiger partial charge in [-0.15, -0.1) is 0 Å². The number of carbonyl (C=O) groups excluding carboxylic acids is 1. The predicted molar refractivity (Wildman–Crippen MR) is 115 cm³/mol. The van der Waals surface area contributed by atoms with Crippen LogP contribution in [0.1, 0.15) is 6.42 Å². The Morgan fingerprint density at radius 3 is 2.60 bits per heavy atom. The first-order chi connectivity index (χ1) is 14.1. The average molecular weight is 499 g/mol. The fraction of sp³-hybridized carbons (Fsp3) is 0.278. The van der Waals surface area contributed by atoms with E-state index in [4.69, 9.17) is 23.2 Å². The first-order valence-electron chi connectivity index (χ1n) is 8.44. The van der Waals surface area contributed by atoms with Crippen molar-refractivity contribution in [3.63, 3.8) is 0 Å². The first kappa shape index (κ1) is 24.7. The van der Waals surface area contributed by atoms with Gasteiger partial charge >= 0.3 is 6.61 Å². The molecule has 12 heteroatoms.